The summed E-state index contributed by atoms with van der Waals surface area (Å²) in [6.45, 7) is 0. The molecule has 0 bridgehead atoms. The average Bonchev–Trinajstić information content (AvgIpc) is 2.74. The van der Waals surface area contributed by atoms with Crippen LogP contribution in [0.3, 0.4) is 0 Å². The number of nitrogens with two attached hydrogens (primary N) is 1. The smallest absolute Gasteiger partial charge is 0.335 e. The van der Waals surface area contributed by atoms with E-state index in [0.29, 0.717) is 6.42 Å². The number of hydrogen-bond donors (Lipinski definition) is 6. The molecular formula is C13H17NO7. The van der Waals surface area contributed by atoms with Gasteiger partial charge in [0.15, 0.2) is 12.2 Å². The number of aliphatic hydroxyl groups excluding tert-OH is 2. The van der Waals surface area contributed by atoms with Gasteiger partial charge in [0.2, 0.25) is 0 Å². The van der Waals surface area contributed by atoms with E-state index in [1.807, 2.05) is 24.3 Å². The molecule has 1 aliphatic rings. The summed E-state index contributed by atoms with van der Waals surface area (Å²) in [5.74, 6) is -3.54. The Bertz CT molecular complexity index is 511. The van der Waals surface area contributed by atoms with Crippen molar-refractivity contribution in [3.8, 4) is 0 Å². The van der Waals surface area contributed by atoms with Crippen molar-refractivity contribution in [2.75, 3.05) is 0 Å². The van der Waals surface area contributed by atoms with E-state index in [-0.39, 0.29) is 0 Å². The molecule has 1 aromatic rings. The highest BCUT2D eigenvalue weighted by atomic mass is 16.4. The zero-order valence-corrected chi connectivity index (χ0v) is 11.0. The second kappa shape index (κ2) is 6.64. The SMILES string of the molecule is NC1(O)CCc2ccccc21.O=C(O)C(O)C(O)C(=O)O. The van der Waals surface area contributed by atoms with E-state index in [1.165, 1.54) is 5.56 Å². The predicted octanol–water partition coefficient (Wildman–Crippen LogP) is -1.39. The third-order valence-electron chi connectivity index (χ3n) is 3.06. The highest BCUT2D eigenvalue weighted by Gasteiger charge is 2.31. The molecule has 7 N–H and O–H groups in total. The summed E-state index contributed by atoms with van der Waals surface area (Å²) < 4.78 is 0. The second-order valence-corrected chi connectivity index (χ2v) is 4.65. The molecule has 8 nitrogen and oxygen atoms in total. The molecular weight excluding hydrogens is 282 g/mol. The lowest BCUT2D eigenvalue weighted by atomic mass is 10.1. The van der Waals surface area contributed by atoms with Crippen molar-refractivity contribution in [3.63, 3.8) is 0 Å². The van der Waals surface area contributed by atoms with E-state index in [0.717, 1.165) is 12.0 Å². The summed E-state index contributed by atoms with van der Waals surface area (Å²) in [6.07, 6.45) is -3.00. The van der Waals surface area contributed by atoms with Crippen LogP contribution < -0.4 is 5.73 Å². The Labute approximate surface area is 120 Å². The van der Waals surface area contributed by atoms with Crippen LogP contribution in [0.5, 0.6) is 0 Å². The second-order valence-electron chi connectivity index (χ2n) is 4.65. The largest absolute Gasteiger partial charge is 0.479 e. The standard InChI is InChI=1S/C9H11NO.C4H6O6/c10-9(11)6-5-7-3-1-2-4-8(7)9;5-1(3(7)8)2(6)4(9)10/h1-4,11H,5-6,10H2;1-2,5-6H,(H,7,8)(H,9,10). The molecule has 3 atom stereocenters. The molecule has 116 valence electrons. The molecule has 0 saturated heterocycles. The number of fused-ring (bicyclic) bond motifs is 1. The van der Waals surface area contributed by atoms with E-state index in [4.69, 9.17) is 26.2 Å². The van der Waals surface area contributed by atoms with Gasteiger partial charge in [-0.25, -0.2) is 9.59 Å². The van der Waals surface area contributed by atoms with Gasteiger partial charge in [0.05, 0.1) is 0 Å². The maximum Gasteiger partial charge on any atom is 0.335 e. The predicted molar refractivity (Wildman–Crippen MR) is 70.1 cm³/mol. The molecule has 0 fully saturated rings. The number of hydrogen-bond acceptors (Lipinski definition) is 6. The lowest BCUT2D eigenvalue weighted by molar-refractivity contribution is -0.165. The minimum absolute atomic E-state index is 0.645. The fourth-order valence-electron chi connectivity index (χ4n) is 1.89. The van der Waals surface area contributed by atoms with Crippen LogP contribution in [0.2, 0.25) is 0 Å². The number of aliphatic hydroxyl groups is 3. The Balaban J connectivity index is 0.000000212. The molecule has 1 aliphatic carbocycles. The molecule has 2 rings (SSSR count). The van der Waals surface area contributed by atoms with Crippen LogP contribution in [0.4, 0.5) is 0 Å². The number of benzene rings is 1. The Kier molecular flexibility index (Phi) is 5.39. The normalized spacial score (nSPS) is 22.5. The first kappa shape index (κ1) is 17.1. The zero-order chi connectivity index (χ0) is 16.2. The van der Waals surface area contributed by atoms with E-state index < -0.39 is 29.9 Å². The van der Waals surface area contributed by atoms with E-state index >= 15 is 0 Å². The van der Waals surface area contributed by atoms with E-state index in [2.05, 4.69) is 0 Å². The van der Waals surface area contributed by atoms with Crippen LogP contribution in [-0.4, -0.2) is 49.7 Å². The molecule has 0 spiro atoms. The summed E-state index contributed by atoms with van der Waals surface area (Å²) in [6, 6.07) is 7.78. The van der Waals surface area contributed by atoms with Crippen molar-refractivity contribution in [2.45, 2.75) is 30.8 Å². The van der Waals surface area contributed by atoms with Crippen molar-refractivity contribution in [1.82, 2.24) is 0 Å². The van der Waals surface area contributed by atoms with Gasteiger partial charge in [0.1, 0.15) is 5.72 Å². The molecule has 0 aromatic heterocycles. The Hall–Kier alpha value is -2.00. The van der Waals surface area contributed by atoms with Crippen LogP contribution in [-0.2, 0) is 21.7 Å². The van der Waals surface area contributed by atoms with Crippen molar-refractivity contribution < 1.29 is 35.1 Å². The summed E-state index contributed by atoms with van der Waals surface area (Å²) >= 11 is 0. The van der Waals surface area contributed by atoms with Gasteiger partial charge in [-0.2, -0.15) is 0 Å². The fraction of sp³-hybridized carbons (Fsp3) is 0.385. The first-order chi connectivity index (χ1) is 9.66. The number of aliphatic carboxylic acids is 2. The van der Waals surface area contributed by atoms with Gasteiger partial charge >= 0.3 is 11.9 Å². The lowest BCUT2D eigenvalue weighted by Crippen LogP contribution is -2.39. The summed E-state index contributed by atoms with van der Waals surface area (Å²) in [5.41, 5.74) is 6.64. The Morgan fingerprint density at radius 1 is 1.10 bits per heavy atom. The summed E-state index contributed by atoms with van der Waals surface area (Å²) in [4.78, 5) is 19.5. The topological polar surface area (TPSA) is 161 Å². The molecule has 3 unspecified atom stereocenters. The van der Waals surface area contributed by atoms with Gasteiger partial charge in [0, 0.05) is 5.56 Å². The lowest BCUT2D eigenvalue weighted by Gasteiger charge is -2.16. The third kappa shape index (κ3) is 4.23. The van der Waals surface area contributed by atoms with Crippen LogP contribution in [0.15, 0.2) is 24.3 Å². The number of rotatable bonds is 3. The fourth-order valence-corrected chi connectivity index (χ4v) is 1.89. The number of aryl methyl sites for hydroxylation is 1. The molecule has 0 aliphatic heterocycles. The number of carboxylic acid groups (broad SMARTS) is 2. The Morgan fingerprint density at radius 3 is 2.00 bits per heavy atom. The summed E-state index contributed by atoms with van der Waals surface area (Å²) in [5, 5.41) is 42.2. The van der Waals surface area contributed by atoms with E-state index in [9.17, 15) is 14.7 Å². The van der Waals surface area contributed by atoms with Crippen LogP contribution in [0.1, 0.15) is 17.5 Å². The highest BCUT2D eigenvalue weighted by molar-refractivity contribution is 5.83. The monoisotopic (exact) mass is 299 g/mol. The summed E-state index contributed by atoms with van der Waals surface area (Å²) in [7, 11) is 0. The van der Waals surface area contributed by atoms with Crippen molar-refractivity contribution in [2.24, 2.45) is 5.73 Å². The van der Waals surface area contributed by atoms with Gasteiger partial charge in [-0.1, -0.05) is 24.3 Å². The molecule has 8 heteroatoms. The number of carbonyl (C=O) groups is 2. The van der Waals surface area contributed by atoms with Crippen molar-refractivity contribution in [3.05, 3.63) is 35.4 Å². The highest BCUT2D eigenvalue weighted by Crippen LogP contribution is 2.31. The quantitative estimate of drug-likeness (QED) is 0.372. The van der Waals surface area contributed by atoms with Crippen LogP contribution in [0.25, 0.3) is 0 Å². The van der Waals surface area contributed by atoms with Crippen LogP contribution >= 0.6 is 0 Å². The van der Waals surface area contributed by atoms with Gasteiger partial charge in [-0.05, 0) is 18.4 Å². The van der Waals surface area contributed by atoms with Gasteiger partial charge in [0.25, 0.3) is 0 Å². The maximum absolute atomic E-state index is 9.77. The third-order valence-corrected chi connectivity index (χ3v) is 3.06. The number of carboxylic acids is 2. The molecule has 0 heterocycles. The van der Waals surface area contributed by atoms with Crippen molar-refractivity contribution in [1.29, 1.82) is 0 Å². The van der Waals surface area contributed by atoms with Gasteiger partial charge < -0.3 is 25.5 Å². The van der Waals surface area contributed by atoms with E-state index in [1.54, 1.807) is 0 Å². The van der Waals surface area contributed by atoms with Crippen LogP contribution in [0, 0.1) is 0 Å². The molecule has 0 radical (unpaired) electrons. The Morgan fingerprint density at radius 2 is 1.57 bits per heavy atom. The van der Waals surface area contributed by atoms with Gasteiger partial charge in [-0.3, -0.25) is 5.73 Å². The minimum Gasteiger partial charge on any atom is -0.479 e. The molecule has 21 heavy (non-hydrogen) atoms. The maximum atomic E-state index is 9.77. The first-order valence-electron chi connectivity index (χ1n) is 6.08. The minimum atomic E-state index is -2.27. The van der Waals surface area contributed by atoms with Gasteiger partial charge in [-0.15, -0.1) is 0 Å². The average molecular weight is 299 g/mol. The zero-order valence-electron chi connectivity index (χ0n) is 11.0. The first-order valence-corrected chi connectivity index (χ1v) is 6.08. The molecule has 1 aromatic carbocycles. The molecule has 0 saturated carbocycles. The van der Waals surface area contributed by atoms with Crippen molar-refractivity contribution >= 4 is 11.9 Å². The molecule has 0 amide bonds.